The largest absolute Gasteiger partial charge is 0.256 e. The molecule has 1 atom stereocenters. The third-order valence-corrected chi connectivity index (χ3v) is 4.28. The van der Waals surface area contributed by atoms with Crippen LogP contribution < -0.4 is 0 Å². The van der Waals surface area contributed by atoms with Gasteiger partial charge in [-0.2, -0.15) is 0 Å². The number of nitrogens with zero attached hydrogens (tertiary/aromatic N) is 1. The van der Waals surface area contributed by atoms with Crippen molar-refractivity contribution in [2.75, 3.05) is 0 Å². The van der Waals surface area contributed by atoms with E-state index < -0.39 is 0 Å². The molecular formula is C20H21N. The second kappa shape index (κ2) is 6.09. The Hall–Kier alpha value is -2.15. The van der Waals surface area contributed by atoms with Crippen LogP contribution in [0, 0.1) is 5.92 Å². The first-order chi connectivity index (χ1) is 10.3. The summed E-state index contributed by atoms with van der Waals surface area (Å²) < 4.78 is 0. The maximum Gasteiger partial charge on any atom is 0.0743 e. The van der Waals surface area contributed by atoms with E-state index in [1.54, 1.807) is 0 Å². The highest BCUT2D eigenvalue weighted by atomic mass is 14.7. The number of rotatable bonds is 3. The van der Waals surface area contributed by atoms with Crippen LogP contribution in [0.4, 0.5) is 0 Å². The number of fused-ring (bicyclic) bond motifs is 1. The number of benzene rings is 1. The van der Waals surface area contributed by atoms with Crippen LogP contribution in [0.25, 0.3) is 16.3 Å². The van der Waals surface area contributed by atoms with Crippen molar-refractivity contribution in [3.63, 3.8) is 0 Å². The summed E-state index contributed by atoms with van der Waals surface area (Å²) in [5.74, 6) is 0.609. The SMILES string of the molecule is CCC(C)C1=CC=C(c2nccc3ccccc23)CC=C1. The summed E-state index contributed by atoms with van der Waals surface area (Å²) in [6.45, 7) is 4.52. The molecule has 1 heteroatoms. The van der Waals surface area contributed by atoms with E-state index in [1.807, 2.05) is 6.20 Å². The van der Waals surface area contributed by atoms with Gasteiger partial charge in [0.2, 0.25) is 0 Å². The van der Waals surface area contributed by atoms with Crippen molar-refractivity contribution in [2.24, 2.45) is 5.92 Å². The fourth-order valence-corrected chi connectivity index (χ4v) is 2.76. The maximum atomic E-state index is 4.63. The second-order valence-corrected chi connectivity index (χ2v) is 5.66. The van der Waals surface area contributed by atoms with Gasteiger partial charge in [-0.3, -0.25) is 4.98 Å². The molecule has 2 aromatic rings. The van der Waals surface area contributed by atoms with Gasteiger partial charge in [-0.15, -0.1) is 0 Å². The lowest BCUT2D eigenvalue weighted by Crippen LogP contribution is -1.93. The Bertz CT molecular complexity index is 729. The zero-order valence-corrected chi connectivity index (χ0v) is 12.7. The molecule has 1 aromatic heterocycles. The van der Waals surface area contributed by atoms with Crippen LogP contribution in [-0.2, 0) is 0 Å². The molecule has 0 radical (unpaired) electrons. The van der Waals surface area contributed by atoms with Crippen LogP contribution in [0.2, 0.25) is 0 Å². The highest BCUT2D eigenvalue weighted by Gasteiger charge is 2.10. The summed E-state index contributed by atoms with van der Waals surface area (Å²) in [5, 5.41) is 2.49. The van der Waals surface area contributed by atoms with Gasteiger partial charge in [0.15, 0.2) is 0 Å². The fourth-order valence-electron chi connectivity index (χ4n) is 2.76. The van der Waals surface area contributed by atoms with Crippen molar-refractivity contribution in [1.29, 1.82) is 0 Å². The summed E-state index contributed by atoms with van der Waals surface area (Å²) in [6, 6.07) is 10.5. The summed E-state index contributed by atoms with van der Waals surface area (Å²) in [7, 11) is 0. The van der Waals surface area contributed by atoms with E-state index in [-0.39, 0.29) is 0 Å². The molecule has 0 N–H and O–H groups in total. The minimum atomic E-state index is 0.609. The van der Waals surface area contributed by atoms with Gasteiger partial charge in [-0.1, -0.05) is 62.4 Å². The Morgan fingerprint density at radius 1 is 1.14 bits per heavy atom. The van der Waals surface area contributed by atoms with Gasteiger partial charge in [0.05, 0.1) is 5.69 Å². The molecule has 1 nitrogen and oxygen atoms in total. The maximum absolute atomic E-state index is 4.63. The Morgan fingerprint density at radius 2 is 2.00 bits per heavy atom. The smallest absolute Gasteiger partial charge is 0.0743 e. The van der Waals surface area contributed by atoms with Crippen molar-refractivity contribution in [3.05, 3.63) is 72.1 Å². The van der Waals surface area contributed by atoms with Gasteiger partial charge in [0.25, 0.3) is 0 Å². The molecule has 3 rings (SSSR count). The van der Waals surface area contributed by atoms with Crippen molar-refractivity contribution in [1.82, 2.24) is 4.98 Å². The van der Waals surface area contributed by atoms with E-state index in [4.69, 9.17) is 0 Å². The summed E-state index contributed by atoms with van der Waals surface area (Å²) in [4.78, 5) is 4.63. The van der Waals surface area contributed by atoms with E-state index in [0.717, 1.165) is 12.1 Å². The average Bonchev–Trinajstić information content (AvgIpc) is 2.79. The standard InChI is InChI=1S/C20H21N/c1-3-15(2)16-8-6-9-18(12-11-16)20-19-10-5-4-7-17(19)13-14-21-20/h4-8,10-15H,3,9H2,1-2H3. The number of pyridine rings is 1. The molecule has 0 spiro atoms. The lowest BCUT2D eigenvalue weighted by molar-refractivity contribution is 0.670. The highest BCUT2D eigenvalue weighted by molar-refractivity contribution is 5.92. The highest BCUT2D eigenvalue weighted by Crippen LogP contribution is 2.28. The van der Waals surface area contributed by atoms with Gasteiger partial charge in [-0.25, -0.2) is 0 Å². The van der Waals surface area contributed by atoms with E-state index in [1.165, 1.54) is 28.3 Å². The number of allylic oxidation sites excluding steroid dienone is 6. The molecule has 106 valence electrons. The molecule has 1 aliphatic rings. The Balaban J connectivity index is 2.05. The zero-order chi connectivity index (χ0) is 14.7. The van der Waals surface area contributed by atoms with Crippen molar-refractivity contribution < 1.29 is 0 Å². The third-order valence-electron chi connectivity index (χ3n) is 4.28. The lowest BCUT2D eigenvalue weighted by atomic mass is 9.98. The molecule has 0 fully saturated rings. The Labute approximate surface area is 126 Å². The van der Waals surface area contributed by atoms with Gasteiger partial charge in [0, 0.05) is 11.6 Å². The average molecular weight is 275 g/mol. The van der Waals surface area contributed by atoms with Crippen LogP contribution >= 0.6 is 0 Å². The molecule has 0 aliphatic heterocycles. The predicted octanol–water partition coefficient (Wildman–Crippen LogP) is 5.55. The van der Waals surface area contributed by atoms with Crippen LogP contribution in [0.15, 0.2) is 66.4 Å². The first kappa shape index (κ1) is 13.8. The molecule has 0 bridgehead atoms. The van der Waals surface area contributed by atoms with E-state index in [2.05, 4.69) is 73.5 Å². The van der Waals surface area contributed by atoms with Gasteiger partial charge < -0.3 is 0 Å². The number of hydrogen-bond donors (Lipinski definition) is 0. The van der Waals surface area contributed by atoms with Gasteiger partial charge in [0.1, 0.15) is 0 Å². The summed E-state index contributed by atoms with van der Waals surface area (Å²) in [6.07, 6.45) is 13.1. The minimum absolute atomic E-state index is 0.609. The molecule has 0 saturated heterocycles. The lowest BCUT2D eigenvalue weighted by Gasteiger charge is -2.08. The van der Waals surface area contributed by atoms with E-state index in [0.29, 0.717) is 5.92 Å². The van der Waals surface area contributed by atoms with Crippen molar-refractivity contribution in [2.45, 2.75) is 26.7 Å². The van der Waals surface area contributed by atoms with Gasteiger partial charge >= 0.3 is 0 Å². The van der Waals surface area contributed by atoms with Crippen LogP contribution in [0.1, 0.15) is 32.4 Å². The van der Waals surface area contributed by atoms with Crippen LogP contribution in [0.3, 0.4) is 0 Å². The Kier molecular flexibility index (Phi) is 4.01. The fraction of sp³-hybridized carbons (Fsp3) is 0.250. The first-order valence-corrected chi connectivity index (χ1v) is 7.71. The summed E-state index contributed by atoms with van der Waals surface area (Å²) in [5.41, 5.74) is 3.81. The molecule has 21 heavy (non-hydrogen) atoms. The molecule has 0 amide bonds. The normalized spacial score (nSPS) is 16.3. The molecular weight excluding hydrogens is 254 g/mol. The van der Waals surface area contributed by atoms with Crippen molar-refractivity contribution >= 4 is 16.3 Å². The molecule has 1 aromatic carbocycles. The van der Waals surface area contributed by atoms with Crippen LogP contribution in [-0.4, -0.2) is 4.98 Å². The quantitative estimate of drug-likeness (QED) is 0.715. The third kappa shape index (κ3) is 2.82. The predicted molar refractivity (Wildman–Crippen MR) is 91.0 cm³/mol. The number of hydrogen-bond acceptors (Lipinski definition) is 1. The molecule has 1 heterocycles. The number of aromatic nitrogens is 1. The van der Waals surface area contributed by atoms with E-state index >= 15 is 0 Å². The van der Waals surface area contributed by atoms with Gasteiger partial charge in [-0.05, 0) is 41.4 Å². The zero-order valence-electron chi connectivity index (χ0n) is 12.7. The van der Waals surface area contributed by atoms with E-state index in [9.17, 15) is 0 Å². The second-order valence-electron chi connectivity index (χ2n) is 5.66. The topological polar surface area (TPSA) is 12.9 Å². The molecule has 1 aliphatic carbocycles. The van der Waals surface area contributed by atoms with Crippen LogP contribution in [0.5, 0.6) is 0 Å². The first-order valence-electron chi connectivity index (χ1n) is 7.71. The monoisotopic (exact) mass is 275 g/mol. The molecule has 1 unspecified atom stereocenters. The Morgan fingerprint density at radius 3 is 2.86 bits per heavy atom. The van der Waals surface area contributed by atoms with Crippen molar-refractivity contribution in [3.8, 4) is 0 Å². The minimum Gasteiger partial charge on any atom is -0.256 e. The summed E-state index contributed by atoms with van der Waals surface area (Å²) >= 11 is 0. The molecule has 0 saturated carbocycles.